The first-order valence-electron chi connectivity index (χ1n) is 14.1. The van der Waals surface area contributed by atoms with Crippen molar-refractivity contribution in [3.8, 4) is 0 Å². The summed E-state index contributed by atoms with van der Waals surface area (Å²) < 4.78 is 17.7. The maximum absolute atomic E-state index is 10.3. The normalized spacial score (nSPS) is 26.2. The van der Waals surface area contributed by atoms with Crippen LogP contribution in [-0.4, -0.2) is 109 Å². The molecule has 0 aliphatic carbocycles. The summed E-state index contributed by atoms with van der Waals surface area (Å²) in [6, 6.07) is 0. The maximum Gasteiger partial charge on any atom is 0.186 e. The van der Waals surface area contributed by atoms with Crippen LogP contribution in [0.2, 0.25) is 0 Å². The Morgan fingerprint density at radius 1 is 0.771 bits per heavy atom. The Kier molecular flexibility index (Phi) is 17.6. The van der Waals surface area contributed by atoms with E-state index in [-0.39, 0.29) is 13.2 Å². The van der Waals surface area contributed by atoms with Gasteiger partial charge < -0.3 is 39.1 Å². The maximum atomic E-state index is 10.3. The van der Waals surface area contributed by atoms with Crippen LogP contribution in [0.15, 0.2) is 0 Å². The fourth-order valence-electron chi connectivity index (χ4n) is 4.60. The van der Waals surface area contributed by atoms with Gasteiger partial charge in [0, 0.05) is 6.61 Å². The van der Waals surface area contributed by atoms with E-state index >= 15 is 0 Å². The van der Waals surface area contributed by atoms with Crippen molar-refractivity contribution in [3.05, 3.63) is 0 Å². The highest BCUT2D eigenvalue weighted by Gasteiger charge is 2.44. The second-order valence-electron chi connectivity index (χ2n) is 11.0. The van der Waals surface area contributed by atoms with E-state index in [2.05, 4.69) is 27.9 Å². The highest BCUT2D eigenvalue weighted by molar-refractivity contribution is 4.89. The molecule has 35 heavy (non-hydrogen) atoms. The minimum Gasteiger partial charge on any atom is -0.387 e. The molecule has 0 aromatic rings. The van der Waals surface area contributed by atoms with Crippen LogP contribution in [0.1, 0.15) is 90.9 Å². The van der Waals surface area contributed by atoms with Gasteiger partial charge >= 0.3 is 0 Å². The predicted octanol–water partition coefficient (Wildman–Crippen LogP) is 2.99. The van der Waals surface area contributed by atoms with Crippen LogP contribution in [0.3, 0.4) is 0 Å². The molecular formula is C27H56NO7+. The molecule has 6 atom stereocenters. The molecule has 0 radical (unpaired) electrons. The van der Waals surface area contributed by atoms with Crippen molar-refractivity contribution in [2.24, 2.45) is 0 Å². The lowest BCUT2D eigenvalue weighted by molar-refractivity contribution is -0.893. The molecule has 0 saturated carbocycles. The molecule has 210 valence electrons. The van der Waals surface area contributed by atoms with E-state index < -0.39 is 36.8 Å². The third kappa shape index (κ3) is 14.3. The van der Waals surface area contributed by atoms with E-state index in [1.54, 1.807) is 0 Å². The molecule has 1 unspecified atom stereocenters. The van der Waals surface area contributed by atoms with Crippen molar-refractivity contribution in [1.29, 1.82) is 0 Å². The van der Waals surface area contributed by atoms with Gasteiger partial charge in [-0.2, -0.15) is 0 Å². The molecule has 1 aliphatic heterocycles. The van der Waals surface area contributed by atoms with Crippen molar-refractivity contribution >= 4 is 0 Å². The van der Waals surface area contributed by atoms with Crippen molar-refractivity contribution in [1.82, 2.24) is 0 Å². The first-order chi connectivity index (χ1) is 16.7. The molecule has 1 aliphatic rings. The van der Waals surface area contributed by atoms with Crippen LogP contribution in [0.4, 0.5) is 0 Å². The number of nitrogens with zero attached hydrogens (tertiary/aromatic N) is 1. The predicted molar refractivity (Wildman–Crippen MR) is 138 cm³/mol. The molecule has 1 heterocycles. The lowest BCUT2D eigenvalue weighted by Gasteiger charge is -2.40. The fraction of sp³-hybridized carbons (Fsp3) is 1.00. The molecule has 0 bridgehead atoms. The second-order valence-corrected chi connectivity index (χ2v) is 11.0. The Labute approximate surface area is 214 Å². The number of aliphatic hydroxyl groups is 4. The van der Waals surface area contributed by atoms with E-state index in [1.807, 2.05) is 0 Å². The topological polar surface area (TPSA) is 109 Å². The number of ether oxygens (including phenoxy) is 3. The van der Waals surface area contributed by atoms with Gasteiger partial charge in [-0.3, -0.25) is 0 Å². The summed E-state index contributed by atoms with van der Waals surface area (Å²) in [5.41, 5.74) is 0. The van der Waals surface area contributed by atoms with Crippen LogP contribution in [-0.2, 0) is 14.2 Å². The van der Waals surface area contributed by atoms with Crippen molar-refractivity contribution in [3.63, 3.8) is 0 Å². The highest BCUT2D eigenvalue weighted by Crippen LogP contribution is 2.23. The van der Waals surface area contributed by atoms with Gasteiger partial charge in [-0.15, -0.1) is 0 Å². The van der Waals surface area contributed by atoms with Crippen LogP contribution in [0.25, 0.3) is 0 Å². The zero-order valence-corrected chi connectivity index (χ0v) is 22.9. The molecule has 0 aromatic carbocycles. The Bertz CT molecular complexity index is 508. The average Bonchev–Trinajstić information content (AvgIpc) is 2.81. The Morgan fingerprint density at radius 3 is 1.94 bits per heavy atom. The number of quaternary nitrogens is 1. The van der Waals surface area contributed by atoms with Gasteiger partial charge in [0.1, 0.15) is 37.1 Å². The molecule has 1 fully saturated rings. The van der Waals surface area contributed by atoms with Crippen LogP contribution in [0.5, 0.6) is 0 Å². The van der Waals surface area contributed by atoms with E-state index in [4.69, 9.17) is 14.2 Å². The van der Waals surface area contributed by atoms with E-state index in [9.17, 15) is 20.4 Å². The van der Waals surface area contributed by atoms with Gasteiger partial charge in [-0.25, -0.2) is 0 Å². The number of hydrogen-bond acceptors (Lipinski definition) is 7. The van der Waals surface area contributed by atoms with Gasteiger partial charge in [0.2, 0.25) is 0 Å². The monoisotopic (exact) mass is 506 g/mol. The number of aliphatic hydroxyl groups excluding tert-OH is 4. The fourth-order valence-corrected chi connectivity index (χ4v) is 4.60. The van der Waals surface area contributed by atoms with E-state index in [0.717, 1.165) is 32.2 Å². The lowest BCUT2D eigenvalue weighted by atomic mass is 9.99. The Balaban J connectivity index is 2.26. The van der Waals surface area contributed by atoms with E-state index in [0.29, 0.717) is 17.6 Å². The second kappa shape index (κ2) is 18.9. The van der Waals surface area contributed by atoms with Crippen molar-refractivity contribution < 1.29 is 39.1 Å². The molecule has 8 nitrogen and oxygen atoms in total. The van der Waals surface area contributed by atoms with E-state index in [1.165, 1.54) is 51.4 Å². The van der Waals surface area contributed by atoms with Gasteiger partial charge in [0.25, 0.3) is 0 Å². The van der Waals surface area contributed by atoms with Crippen LogP contribution in [0, 0.1) is 0 Å². The number of unbranched alkanes of at least 4 members (excludes halogenated alkanes) is 10. The molecule has 0 amide bonds. The molecule has 0 spiro atoms. The van der Waals surface area contributed by atoms with Gasteiger partial charge in [-0.05, 0) is 12.8 Å². The molecule has 1 rings (SSSR count). The highest BCUT2D eigenvalue weighted by atomic mass is 16.7. The summed E-state index contributed by atoms with van der Waals surface area (Å²) in [6.45, 7) is 6.48. The third-order valence-electron chi connectivity index (χ3n) is 6.86. The molecule has 8 heteroatoms. The van der Waals surface area contributed by atoms with Crippen LogP contribution < -0.4 is 0 Å². The molecular weight excluding hydrogens is 450 g/mol. The summed E-state index contributed by atoms with van der Waals surface area (Å²) in [4.78, 5) is 0. The minimum atomic E-state index is -1.37. The molecule has 4 N–H and O–H groups in total. The Hall–Kier alpha value is -0.320. The lowest BCUT2D eigenvalue weighted by Crippen LogP contribution is -2.59. The van der Waals surface area contributed by atoms with Gasteiger partial charge in [-0.1, -0.05) is 78.1 Å². The molecule has 0 aromatic heterocycles. The third-order valence-corrected chi connectivity index (χ3v) is 6.86. The zero-order chi connectivity index (χ0) is 26.1. The SMILES string of the molecule is CCCCCCCCCCCCO[C@@H]1O[C@H](COCC(O)C[N+](C)(C)CCCC)[C@@H](O)[C@H](O)[C@H]1O. The zero-order valence-electron chi connectivity index (χ0n) is 22.9. The quantitative estimate of drug-likeness (QED) is 0.140. The minimum absolute atomic E-state index is 0.00249. The summed E-state index contributed by atoms with van der Waals surface area (Å²) in [7, 11) is 4.17. The number of likely N-dealkylation sites (N-methyl/N-ethyl adjacent to an activating group) is 1. The summed E-state index contributed by atoms with van der Waals surface area (Å²) in [5, 5.41) is 41.1. The first kappa shape index (κ1) is 32.7. The average molecular weight is 507 g/mol. The summed E-state index contributed by atoms with van der Waals surface area (Å²) in [6.07, 6.45) is 7.99. The smallest absolute Gasteiger partial charge is 0.186 e. The Morgan fingerprint density at radius 2 is 1.34 bits per heavy atom. The standard InChI is InChI=1S/C27H56NO7/c1-5-7-9-10-11-12-13-14-15-16-18-34-27-26(32)25(31)24(30)23(35-27)21-33-20-22(29)19-28(3,4)17-8-6-2/h22-27,29-32H,5-21H2,1-4H3/q+1/t22?,23-,24-,25+,26-,27-/m1/s1. The van der Waals surface area contributed by atoms with Gasteiger partial charge in [0.05, 0.1) is 33.9 Å². The van der Waals surface area contributed by atoms with Crippen LogP contribution >= 0.6 is 0 Å². The largest absolute Gasteiger partial charge is 0.387 e. The number of hydrogen-bond donors (Lipinski definition) is 4. The van der Waals surface area contributed by atoms with Crippen molar-refractivity contribution in [2.75, 3.05) is 47.0 Å². The summed E-state index contributed by atoms with van der Waals surface area (Å²) in [5.74, 6) is 0. The first-order valence-corrected chi connectivity index (χ1v) is 14.1. The van der Waals surface area contributed by atoms with Gasteiger partial charge in [0.15, 0.2) is 6.29 Å². The molecule has 1 saturated heterocycles. The number of rotatable bonds is 21. The summed E-state index contributed by atoms with van der Waals surface area (Å²) >= 11 is 0. The van der Waals surface area contributed by atoms with Crippen molar-refractivity contribution in [2.45, 2.75) is 128 Å².